The number of carbonyl (C=O) groups is 2. The van der Waals surface area contributed by atoms with Crippen molar-refractivity contribution in [3.63, 3.8) is 0 Å². The van der Waals surface area contributed by atoms with Crippen LogP contribution in [0.4, 0.5) is 4.79 Å². The first-order valence-corrected chi connectivity index (χ1v) is 11.0. The number of imide groups is 1. The average Bonchev–Trinajstić information content (AvgIpc) is 2.93. The van der Waals surface area contributed by atoms with Crippen molar-refractivity contribution in [2.75, 3.05) is 6.61 Å². The van der Waals surface area contributed by atoms with E-state index in [1.807, 2.05) is 26.8 Å². The van der Waals surface area contributed by atoms with Crippen molar-refractivity contribution < 1.29 is 19.1 Å². The van der Waals surface area contributed by atoms with E-state index in [-0.39, 0.29) is 23.8 Å². The van der Waals surface area contributed by atoms with Crippen LogP contribution in [0.2, 0.25) is 10.0 Å². The van der Waals surface area contributed by atoms with Crippen molar-refractivity contribution in [1.82, 2.24) is 4.90 Å². The summed E-state index contributed by atoms with van der Waals surface area (Å²) in [7, 11) is 0. The van der Waals surface area contributed by atoms with Gasteiger partial charge in [-0.3, -0.25) is 14.5 Å². The Labute approximate surface area is 189 Å². The third-order valence-corrected chi connectivity index (χ3v) is 5.64. The number of halogens is 2. The van der Waals surface area contributed by atoms with Crippen LogP contribution in [0.3, 0.4) is 0 Å². The largest absolute Gasteiger partial charge is 0.490 e. The SMILES string of the molecule is CCOc1cc(/C=C2\SC(=O)N(Cc3ccc(Cl)cc3Cl)C2=O)ccc1OC(C)C. The molecule has 3 rings (SSSR count). The van der Waals surface area contributed by atoms with E-state index in [4.69, 9.17) is 32.7 Å². The smallest absolute Gasteiger partial charge is 0.293 e. The summed E-state index contributed by atoms with van der Waals surface area (Å²) in [5.74, 6) is 0.859. The number of ether oxygens (including phenoxy) is 2. The zero-order chi connectivity index (χ0) is 21.8. The summed E-state index contributed by atoms with van der Waals surface area (Å²) in [6, 6.07) is 10.4. The van der Waals surface area contributed by atoms with Crippen molar-refractivity contribution in [3.8, 4) is 11.5 Å². The Bertz CT molecular complexity index is 1010. The van der Waals surface area contributed by atoms with Gasteiger partial charge in [-0.2, -0.15) is 0 Å². The Morgan fingerprint density at radius 3 is 2.53 bits per heavy atom. The molecule has 5 nitrogen and oxygen atoms in total. The van der Waals surface area contributed by atoms with Crippen LogP contribution in [0.5, 0.6) is 11.5 Å². The van der Waals surface area contributed by atoms with Crippen LogP contribution in [0.1, 0.15) is 31.9 Å². The number of carbonyl (C=O) groups excluding carboxylic acids is 2. The lowest BCUT2D eigenvalue weighted by Gasteiger charge is -2.15. The number of thioether (sulfide) groups is 1. The van der Waals surface area contributed by atoms with Gasteiger partial charge < -0.3 is 9.47 Å². The maximum absolute atomic E-state index is 12.8. The highest BCUT2D eigenvalue weighted by Crippen LogP contribution is 2.36. The minimum absolute atomic E-state index is 0.00578. The van der Waals surface area contributed by atoms with E-state index < -0.39 is 0 Å². The fourth-order valence-corrected chi connectivity index (χ4v) is 4.15. The van der Waals surface area contributed by atoms with Gasteiger partial charge in [0, 0.05) is 10.0 Å². The first kappa shape index (κ1) is 22.5. The zero-order valence-electron chi connectivity index (χ0n) is 16.8. The maximum Gasteiger partial charge on any atom is 0.293 e. The molecule has 1 fully saturated rings. The van der Waals surface area contributed by atoms with Gasteiger partial charge in [0.25, 0.3) is 11.1 Å². The number of hydrogen-bond acceptors (Lipinski definition) is 5. The van der Waals surface area contributed by atoms with Crippen LogP contribution in [0, 0.1) is 0 Å². The van der Waals surface area contributed by atoms with E-state index in [0.29, 0.717) is 38.6 Å². The van der Waals surface area contributed by atoms with Gasteiger partial charge in [0.2, 0.25) is 0 Å². The Morgan fingerprint density at radius 1 is 1.10 bits per heavy atom. The highest BCUT2D eigenvalue weighted by Gasteiger charge is 2.35. The molecular formula is C22H21Cl2NO4S. The third-order valence-electron chi connectivity index (χ3n) is 4.15. The predicted molar refractivity (Wildman–Crippen MR) is 121 cm³/mol. The highest BCUT2D eigenvalue weighted by molar-refractivity contribution is 8.18. The summed E-state index contributed by atoms with van der Waals surface area (Å²) in [6.07, 6.45) is 1.68. The Morgan fingerprint density at radius 2 is 1.87 bits per heavy atom. The van der Waals surface area contributed by atoms with Crippen molar-refractivity contribution in [1.29, 1.82) is 0 Å². The molecule has 1 aliphatic heterocycles. The molecule has 0 spiro atoms. The summed E-state index contributed by atoms with van der Waals surface area (Å²) in [5.41, 5.74) is 1.39. The summed E-state index contributed by atoms with van der Waals surface area (Å²) < 4.78 is 11.4. The quantitative estimate of drug-likeness (QED) is 0.441. The molecule has 0 aromatic heterocycles. The van der Waals surface area contributed by atoms with Crippen molar-refractivity contribution in [2.24, 2.45) is 0 Å². The van der Waals surface area contributed by atoms with Crippen molar-refractivity contribution in [2.45, 2.75) is 33.4 Å². The van der Waals surface area contributed by atoms with Crippen LogP contribution in [0.25, 0.3) is 6.08 Å². The number of rotatable bonds is 7. The second kappa shape index (κ2) is 9.77. The fraction of sp³-hybridized carbons (Fsp3) is 0.273. The molecule has 1 aliphatic rings. The van der Waals surface area contributed by atoms with E-state index in [1.165, 1.54) is 4.90 Å². The average molecular weight is 466 g/mol. The van der Waals surface area contributed by atoms with Gasteiger partial charge in [-0.15, -0.1) is 0 Å². The van der Waals surface area contributed by atoms with Gasteiger partial charge in [0.15, 0.2) is 11.5 Å². The lowest BCUT2D eigenvalue weighted by atomic mass is 10.1. The van der Waals surface area contributed by atoms with E-state index in [2.05, 4.69) is 0 Å². The minimum Gasteiger partial charge on any atom is -0.490 e. The monoisotopic (exact) mass is 465 g/mol. The molecule has 0 saturated carbocycles. The number of nitrogens with zero attached hydrogens (tertiary/aromatic N) is 1. The van der Waals surface area contributed by atoms with Crippen LogP contribution >= 0.6 is 35.0 Å². The summed E-state index contributed by atoms with van der Waals surface area (Å²) in [4.78, 5) is 26.8. The Hall–Kier alpha value is -2.15. The van der Waals surface area contributed by atoms with Crippen molar-refractivity contribution in [3.05, 3.63) is 62.5 Å². The standard InChI is InChI=1S/C22H21Cl2NO4S/c1-4-28-19-9-14(5-8-18(19)29-13(2)3)10-20-21(26)25(22(27)30-20)12-15-6-7-16(23)11-17(15)24/h5-11,13H,4,12H2,1-3H3/b20-10-. The molecule has 1 heterocycles. The van der Waals surface area contributed by atoms with E-state index in [1.54, 1.807) is 36.4 Å². The lowest BCUT2D eigenvalue weighted by Crippen LogP contribution is -2.27. The zero-order valence-corrected chi connectivity index (χ0v) is 19.1. The first-order chi connectivity index (χ1) is 14.3. The molecule has 0 N–H and O–H groups in total. The number of amides is 2. The molecule has 1 saturated heterocycles. The fourth-order valence-electron chi connectivity index (χ4n) is 2.84. The molecular weight excluding hydrogens is 445 g/mol. The maximum atomic E-state index is 12.8. The number of benzene rings is 2. The van der Waals surface area contributed by atoms with Gasteiger partial charge in [0.05, 0.1) is 24.2 Å². The summed E-state index contributed by atoms with van der Waals surface area (Å²) in [5, 5.41) is 0.558. The summed E-state index contributed by atoms with van der Waals surface area (Å²) in [6.45, 7) is 6.33. The van der Waals surface area contributed by atoms with Gasteiger partial charge in [-0.1, -0.05) is 35.3 Å². The molecule has 2 amide bonds. The number of hydrogen-bond donors (Lipinski definition) is 0. The molecule has 2 aromatic carbocycles. The predicted octanol–water partition coefficient (Wildman–Crippen LogP) is 6.42. The second-order valence-electron chi connectivity index (χ2n) is 6.81. The minimum atomic E-state index is -0.364. The van der Waals surface area contributed by atoms with Crippen LogP contribution < -0.4 is 9.47 Å². The van der Waals surface area contributed by atoms with Crippen LogP contribution in [-0.4, -0.2) is 28.8 Å². The molecule has 8 heteroatoms. The third kappa shape index (κ3) is 5.31. The molecule has 0 bridgehead atoms. The van der Waals surface area contributed by atoms with Crippen molar-refractivity contribution >= 4 is 52.2 Å². The lowest BCUT2D eigenvalue weighted by molar-refractivity contribution is -0.123. The highest BCUT2D eigenvalue weighted by atomic mass is 35.5. The normalized spacial score (nSPS) is 15.4. The molecule has 0 aliphatic carbocycles. The molecule has 0 radical (unpaired) electrons. The molecule has 0 unspecified atom stereocenters. The van der Waals surface area contributed by atoms with Gasteiger partial charge >= 0.3 is 0 Å². The van der Waals surface area contributed by atoms with E-state index in [0.717, 1.165) is 17.3 Å². The van der Waals surface area contributed by atoms with Gasteiger partial charge in [0.1, 0.15) is 0 Å². The molecule has 0 atom stereocenters. The van der Waals surface area contributed by atoms with E-state index >= 15 is 0 Å². The Kier molecular flexibility index (Phi) is 7.34. The van der Waals surface area contributed by atoms with Crippen LogP contribution in [0.15, 0.2) is 41.3 Å². The molecule has 2 aromatic rings. The second-order valence-corrected chi connectivity index (χ2v) is 8.65. The molecule has 30 heavy (non-hydrogen) atoms. The first-order valence-electron chi connectivity index (χ1n) is 9.41. The van der Waals surface area contributed by atoms with Crippen LogP contribution in [-0.2, 0) is 11.3 Å². The molecule has 158 valence electrons. The van der Waals surface area contributed by atoms with E-state index in [9.17, 15) is 9.59 Å². The van der Waals surface area contributed by atoms with Gasteiger partial charge in [-0.05, 0) is 74.0 Å². The topological polar surface area (TPSA) is 55.8 Å². The summed E-state index contributed by atoms with van der Waals surface area (Å²) >= 11 is 13.0. The Balaban J connectivity index is 1.83. The van der Waals surface area contributed by atoms with Gasteiger partial charge in [-0.25, -0.2) is 0 Å².